The molecule has 0 fully saturated rings. The largest absolute Gasteiger partial charge is 0.510 e. The Kier molecular flexibility index (Phi) is 7.20. The molecule has 2 amide bonds. The number of carbonyl (C=O) groups is 5. The first-order valence-electron chi connectivity index (χ1n) is 12.6. The van der Waals surface area contributed by atoms with Gasteiger partial charge in [0, 0.05) is 30.5 Å². The summed E-state index contributed by atoms with van der Waals surface area (Å²) in [4.78, 5) is 67.2. The number of allylic oxidation sites excluding steroid dienone is 1. The van der Waals surface area contributed by atoms with Gasteiger partial charge in [0.25, 0.3) is 5.91 Å². The molecule has 3 aliphatic carbocycles. The first kappa shape index (κ1) is 28.7. The third-order valence-corrected chi connectivity index (χ3v) is 8.04. The number of phenols is 1. The maximum absolute atomic E-state index is 13.8. The van der Waals surface area contributed by atoms with Crippen LogP contribution in [0.1, 0.15) is 39.6 Å². The molecule has 4 rings (SSSR count). The first-order chi connectivity index (χ1) is 18.7. The van der Waals surface area contributed by atoms with Crippen LogP contribution in [0.3, 0.4) is 0 Å². The predicted octanol–water partition coefficient (Wildman–Crippen LogP) is 0.338. The number of ketones is 3. The van der Waals surface area contributed by atoms with Crippen LogP contribution in [-0.2, 0) is 20.8 Å². The zero-order valence-corrected chi connectivity index (χ0v) is 22.3. The molecule has 0 spiro atoms. The second-order valence-corrected chi connectivity index (χ2v) is 10.6. The number of aromatic hydroxyl groups is 1. The van der Waals surface area contributed by atoms with Crippen LogP contribution >= 0.6 is 0 Å². The van der Waals surface area contributed by atoms with Gasteiger partial charge in [0.1, 0.15) is 22.8 Å². The number of fused-ring (bicyclic) bond motifs is 3. The highest BCUT2D eigenvalue weighted by molar-refractivity contribution is 6.25. The van der Waals surface area contributed by atoms with Gasteiger partial charge < -0.3 is 31.1 Å². The molecule has 1 aromatic rings. The Balaban J connectivity index is 1.87. The zero-order valence-electron chi connectivity index (χ0n) is 22.3. The molecule has 1 aromatic carbocycles. The van der Waals surface area contributed by atoms with Gasteiger partial charge in [-0.15, -0.1) is 6.58 Å². The Labute approximate surface area is 229 Å². The van der Waals surface area contributed by atoms with E-state index in [1.165, 1.54) is 43.0 Å². The third kappa shape index (κ3) is 4.11. The summed E-state index contributed by atoms with van der Waals surface area (Å²) in [6.45, 7) is 4.70. The minimum absolute atomic E-state index is 0.0362. The van der Waals surface area contributed by atoms with Gasteiger partial charge in [-0.3, -0.25) is 28.9 Å². The van der Waals surface area contributed by atoms with E-state index in [9.17, 15) is 44.4 Å². The van der Waals surface area contributed by atoms with Crippen LogP contribution in [0.4, 0.5) is 0 Å². The number of benzene rings is 1. The van der Waals surface area contributed by atoms with Crippen LogP contribution in [0, 0.1) is 11.8 Å². The molecule has 0 saturated heterocycles. The number of amides is 2. The van der Waals surface area contributed by atoms with Crippen molar-refractivity contribution in [1.29, 1.82) is 0 Å². The van der Waals surface area contributed by atoms with E-state index in [2.05, 4.69) is 6.58 Å². The van der Waals surface area contributed by atoms with Crippen LogP contribution in [0.25, 0.3) is 0 Å². The van der Waals surface area contributed by atoms with Gasteiger partial charge in [0.2, 0.25) is 11.7 Å². The lowest BCUT2D eigenvalue weighted by Crippen LogP contribution is -2.63. The van der Waals surface area contributed by atoms with E-state index in [4.69, 9.17) is 5.73 Å². The van der Waals surface area contributed by atoms with Gasteiger partial charge >= 0.3 is 0 Å². The quantitative estimate of drug-likeness (QED) is 0.178. The Morgan fingerprint density at radius 3 is 2.38 bits per heavy atom. The molecule has 40 heavy (non-hydrogen) atoms. The van der Waals surface area contributed by atoms with Gasteiger partial charge in [-0.25, -0.2) is 0 Å². The summed E-state index contributed by atoms with van der Waals surface area (Å²) >= 11 is 0. The van der Waals surface area contributed by atoms with Crippen molar-refractivity contribution in [3.05, 3.63) is 64.1 Å². The highest BCUT2D eigenvalue weighted by atomic mass is 16.3. The van der Waals surface area contributed by atoms with Gasteiger partial charge in [-0.1, -0.05) is 6.08 Å². The van der Waals surface area contributed by atoms with Crippen molar-refractivity contribution in [1.82, 2.24) is 9.80 Å². The highest BCUT2D eigenvalue weighted by Crippen LogP contribution is 2.52. The lowest BCUT2D eigenvalue weighted by molar-refractivity contribution is -0.148. The Hall–Kier alpha value is -4.29. The molecular weight excluding hydrogens is 522 g/mol. The molecule has 0 bridgehead atoms. The van der Waals surface area contributed by atoms with E-state index in [1.54, 1.807) is 0 Å². The molecule has 0 unspecified atom stereocenters. The van der Waals surface area contributed by atoms with Crippen LogP contribution in [0.15, 0.2) is 47.5 Å². The molecule has 212 valence electrons. The molecule has 4 atom stereocenters. The van der Waals surface area contributed by atoms with Crippen LogP contribution in [0.2, 0.25) is 0 Å². The fraction of sp³-hybridized carbons (Fsp3) is 0.393. The number of rotatable bonds is 7. The monoisotopic (exact) mass is 553 g/mol. The number of nitrogens with zero attached hydrogens (tertiary/aromatic N) is 2. The molecule has 12 heteroatoms. The van der Waals surface area contributed by atoms with Crippen molar-refractivity contribution >= 4 is 29.2 Å². The fourth-order valence-corrected chi connectivity index (χ4v) is 6.23. The summed E-state index contributed by atoms with van der Waals surface area (Å²) in [6.07, 6.45) is 1.32. The molecule has 0 saturated carbocycles. The highest BCUT2D eigenvalue weighted by Gasteiger charge is 2.63. The maximum Gasteiger partial charge on any atom is 0.255 e. The molecule has 3 aliphatic rings. The summed E-state index contributed by atoms with van der Waals surface area (Å²) in [5.41, 5.74) is 1.39. The number of hydrogen-bond acceptors (Lipinski definition) is 10. The number of primary amides is 1. The second-order valence-electron chi connectivity index (χ2n) is 10.6. The lowest BCUT2D eigenvalue weighted by Gasteiger charge is -2.50. The average Bonchev–Trinajstić information content (AvgIpc) is 2.85. The molecule has 0 aliphatic heterocycles. The lowest BCUT2D eigenvalue weighted by atomic mass is 9.58. The number of carbonyl (C=O) groups excluding carboxylic acids is 5. The van der Waals surface area contributed by atoms with Crippen LogP contribution in [-0.4, -0.2) is 98.2 Å². The van der Waals surface area contributed by atoms with Gasteiger partial charge in [0.15, 0.2) is 17.2 Å². The minimum Gasteiger partial charge on any atom is -0.510 e. The van der Waals surface area contributed by atoms with E-state index < -0.39 is 69.6 Å². The Bertz CT molecular complexity index is 1440. The predicted molar refractivity (Wildman–Crippen MR) is 140 cm³/mol. The normalized spacial score (nSPS) is 25.8. The summed E-state index contributed by atoms with van der Waals surface area (Å²) in [6, 6.07) is 1.37. The van der Waals surface area contributed by atoms with E-state index >= 15 is 0 Å². The zero-order chi connectivity index (χ0) is 29.8. The van der Waals surface area contributed by atoms with E-state index in [1.807, 2.05) is 0 Å². The summed E-state index contributed by atoms with van der Waals surface area (Å²) in [5.74, 6) is -8.53. The molecule has 6 N–H and O–H groups in total. The minimum atomic E-state index is -2.75. The number of aliphatic hydroxyl groups is 3. The third-order valence-electron chi connectivity index (χ3n) is 8.04. The average molecular weight is 554 g/mol. The summed E-state index contributed by atoms with van der Waals surface area (Å²) in [5, 5.41) is 44.4. The topological polar surface area (TPSA) is 199 Å². The Morgan fingerprint density at radius 2 is 1.82 bits per heavy atom. The molecule has 0 heterocycles. The molecule has 12 nitrogen and oxygen atoms in total. The van der Waals surface area contributed by atoms with Gasteiger partial charge in [0.05, 0.1) is 18.2 Å². The summed E-state index contributed by atoms with van der Waals surface area (Å²) in [7, 11) is 3.07. The van der Waals surface area contributed by atoms with Crippen molar-refractivity contribution in [3.8, 4) is 5.75 Å². The van der Waals surface area contributed by atoms with Crippen molar-refractivity contribution in [2.75, 3.05) is 27.2 Å². The van der Waals surface area contributed by atoms with E-state index in [0.29, 0.717) is 0 Å². The van der Waals surface area contributed by atoms with Crippen molar-refractivity contribution in [2.24, 2.45) is 17.6 Å². The van der Waals surface area contributed by atoms with Crippen LogP contribution < -0.4 is 5.73 Å². The number of Topliss-reactive ketones (excluding diaryl/α,β-unsaturated/α-hetero) is 3. The standard InChI is InChI=1S/C28H31N3O9/c1-5-8-31(12(2)32)11-18(34)14-6-7-17(33)20-15(14)9-13-10-16-22(30(3)4)24(36)21(27(29)39)26(38)28(16,40)25(37)19(13)23(20)35/h5-7,13,16,22,33,36-37,40H,1,8-11H2,2-4H3,(H2,29,39)/t13-,16-,22-,28-/m0/s1. The molecule has 0 radical (unpaired) electrons. The van der Waals surface area contributed by atoms with Crippen molar-refractivity contribution in [3.63, 3.8) is 0 Å². The number of phenolic OH excluding ortho intramolecular Hbond substituents is 1. The summed E-state index contributed by atoms with van der Waals surface area (Å²) < 4.78 is 0. The van der Waals surface area contributed by atoms with E-state index in [0.717, 1.165) is 6.07 Å². The van der Waals surface area contributed by atoms with Gasteiger partial charge in [-0.2, -0.15) is 0 Å². The Morgan fingerprint density at radius 1 is 1.18 bits per heavy atom. The number of hydrogen-bond donors (Lipinski definition) is 5. The van der Waals surface area contributed by atoms with E-state index in [-0.39, 0.29) is 54.1 Å². The smallest absolute Gasteiger partial charge is 0.255 e. The molecular formula is C28H31N3O9. The number of likely N-dealkylation sites (N-methyl/N-ethyl adjacent to an activating group) is 1. The second kappa shape index (κ2) is 10.0. The maximum atomic E-state index is 13.8. The van der Waals surface area contributed by atoms with Gasteiger partial charge in [-0.05, 0) is 50.6 Å². The van der Waals surface area contributed by atoms with Crippen LogP contribution in [0.5, 0.6) is 5.75 Å². The van der Waals surface area contributed by atoms with Crippen molar-refractivity contribution < 1.29 is 44.4 Å². The molecule has 0 aromatic heterocycles. The SMILES string of the molecule is C=CCN(CC(=O)c1ccc(O)c2c1C[C@H]1C[C@H]3[C@H](N(C)C)C(O)=C(C(N)=O)C(=O)[C@@]3(O)C(O)=C1C2=O)C(C)=O. The van der Waals surface area contributed by atoms with Crippen molar-refractivity contribution in [2.45, 2.75) is 31.4 Å². The number of nitrogens with two attached hydrogens (primary N) is 1. The number of aliphatic hydroxyl groups excluding tert-OH is 2. The first-order valence-corrected chi connectivity index (χ1v) is 12.6. The fourth-order valence-electron chi connectivity index (χ4n) is 6.23.